The number of anilines is 2. The summed E-state index contributed by atoms with van der Waals surface area (Å²) in [6.45, 7) is 0. The molecule has 0 aliphatic carbocycles. The average molecular weight is 584 g/mol. The molecule has 5 nitrogen and oxygen atoms in total. The zero-order valence-corrected chi connectivity index (χ0v) is 22.3. The second-order valence-electron chi connectivity index (χ2n) is 9.84. The molecular weight excluding hydrogens is 564 g/mol. The largest absolute Gasteiger partial charge is 0.352 e. The first kappa shape index (κ1) is 23.4. The molecule has 0 N–H and O–H groups in total. The fourth-order valence-electron chi connectivity index (χ4n) is 6.27. The van der Waals surface area contributed by atoms with Crippen LogP contribution in [0.3, 0.4) is 0 Å². The van der Waals surface area contributed by atoms with Gasteiger partial charge < -0.3 is 4.90 Å². The molecule has 2 fully saturated rings. The Hall–Kier alpha value is -3.74. The maximum Gasteiger partial charge on any atom is 0.240 e. The first-order valence-corrected chi connectivity index (χ1v) is 13.5. The first-order valence-electron chi connectivity index (χ1n) is 12.4. The van der Waals surface area contributed by atoms with Gasteiger partial charge >= 0.3 is 0 Å². The average Bonchev–Trinajstić information content (AvgIpc) is 3.40. The molecule has 0 saturated carbocycles. The van der Waals surface area contributed by atoms with Crippen LogP contribution in [0, 0.1) is 11.8 Å². The van der Waals surface area contributed by atoms with Crippen molar-refractivity contribution in [1.82, 2.24) is 0 Å². The van der Waals surface area contributed by atoms with Crippen LogP contribution in [0.5, 0.6) is 0 Å². The predicted molar refractivity (Wildman–Crippen MR) is 152 cm³/mol. The van der Waals surface area contributed by atoms with Crippen molar-refractivity contribution in [3.05, 3.63) is 112 Å². The van der Waals surface area contributed by atoms with Crippen LogP contribution in [0.25, 0.3) is 16.8 Å². The van der Waals surface area contributed by atoms with Gasteiger partial charge in [-0.3, -0.25) is 14.4 Å². The standard InChI is InChI=1S/C31H20BrClN2O3/c32-20-11-8-18(9-12-20)29(36)28-27-26(25-14-10-19-16-21(33)13-15-23(19)34(25)28)30(37)35(31(27)38)24-7-3-5-17-4-1-2-6-22(17)24/h1-16,25-28H/t25-,26-,27-,28+/m1/s1. The summed E-state index contributed by atoms with van der Waals surface area (Å²) in [5.74, 6) is -2.32. The Bertz CT molecular complexity index is 1690. The Morgan fingerprint density at radius 1 is 0.816 bits per heavy atom. The minimum atomic E-state index is -0.840. The summed E-state index contributed by atoms with van der Waals surface area (Å²) in [6, 6.07) is 24.6. The zero-order valence-electron chi connectivity index (χ0n) is 19.9. The van der Waals surface area contributed by atoms with Gasteiger partial charge in [-0.15, -0.1) is 0 Å². The Kier molecular flexibility index (Phi) is 5.32. The highest BCUT2D eigenvalue weighted by Gasteiger charge is 2.64. The molecule has 186 valence electrons. The summed E-state index contributed by atoms with van der Waals surface area (Å²) < 4.78 is 0.853. The van der Waals surface area contributed by atoms with Crippen molar-refractivity contribution >= 4 is 73.4 Å². The number of amides is 2. The van der Waals surface area contributed by atoms with E-state index in [1.54, 1.807) is 24.3 Å². The number of carbonyl (C=O) groups excluding carboxylic acids is 3. The van der Waals surface area contributed by atoms with Gasteiger partial charge in [0.05, 0.1) is 23.6 Å². The van der Waals surface area contributed by atoms with Crippen molar-refractivity contribution in [2.24, 2.45) is 11.8 Å². The van der Waals surface area contributed by atoms with E-state index in [-0.39, 0.29) is 17.6 Å². The van der Waals surface area contributed by atoms with E-state index in [1.165, 1.54) is 4.90 Å². The lowest BCUT2D eigenvalue weighted by Crippen LogP contribution is -2.48. The molecule has 3 aliphatic rings. The van der Waals surface area contributed by atoms with Gasteiger partial charge in [-0.1, -0.05) is 88.2 Å². The van der Waals surface area contributed by atoms with Gasteiger partial charge in [0.1, 0.15) is 6.04 Å². The molecule has 2 amide bonds. The molecule has 3 aliphatic heterocycles. The van der Waals surface area contributed by atoms with Crippen molar-refractivity contribution in [3.8, 4) is 0 Å². The molecule has 38 heavy (non-hydrogen) atoms. The Balaban J connectivity index is 1.39. The van der Waals surface area contributed by atoms with Crippen LogP contribution in [-0.2, 0) is 9.59 Å². The van der Waals surface area contributed by atoms with Gasteiger partial charge in [0, 0.05) is 26.1 Å². The van der Waals surface area contributed by atoms with E-state index >= 15 is 0 Å². The van der Waals surface area contributed by atoms with Gasteiger partial charge in [-0.05, 0) is 47.3 Å². The number of benzene rings is 4. The van der Waals surface area contributed by atoms with Crippen molar-refractivity contribution in [1.29, 1.82) is 0 Å². The third kappa shape index (κ3) is 3.33. The predicted octanol–water partition coefficient (Wildman–Crippen LogP) is 6.53. The van der Waals surface area contributed by atoms with Gasteiger partial charge in [0.25, 0.3) is 0 Å². The van der Waals surface area contributed by atoms with E-state index in [0.717, 1.165) is 26.5 Å². The first-order chi connectivity index (χ1) is 18.4. The Labute approximate surface area is 232 Å². The smallest absolute Gasteiger partial charge is 0.240 e. The van der Waals surface area contributed by atoms with Gasteiger partial charge in [0.15, 0.2) is 5.78 Å². The van der Waals surface area contributed by atoms with E-state index < -0.39 is 23.9 Å². The molecule has 0 spiro atoms. The Morgan fingerprint density at radius 2 is 1.55 bits per heavy atom. The summed E-state index contributed by atoms with van der Waals surface area (Å²) >= 11 is 9.70. The van der Waals surface area contributed by atoms with E-state index in [2.05, 4.69) is 15.9 Å². The molecule has 0 bridgehead atoms. The summed E-state index contributed by atoms with van der Waals surface area (Å²) in [5.41, 5.74) is 2.70. The number of rotatable bonds is 3. The van der Waals surface area contributed by atoms with E-state index in [9.17, 15) is 14.4 Å². The van der Waals surface area contributed by atoms with Gasteiger partial charge in [0.2, 0.25) is 11.8 Å². The summed E-state index contributed by atoms with van der Waals surface area (Å²) in [7, 11) is 0. The maximum atomic E-state index is 14.2. The molecule has 4 aromatic rings. The second kappa shape index (κ2) is 8.65. The van der Waals surface area contributed by atoms with E-state index in [1.807, 2.05) is 77.7 Å². The molecule has 0 unspecified atom stereocenters. The minimum absolute atomic E-state index is 0.188. The number of fused-ring (bicyclic) bond motifs is 6. The van der Waals surface area contributed by atoms with Crippen molar-refractivity contribution < 1.29 is 14.4 Å². The van der Waals surface area contributed by atoms with Crippen molar-refractivity contribution in [2.45, 2.75) is 12.1 Å². The number of ketones is 1. The SMILES string of the molecule is O=C(c1ccc(Br)cc1)[C@@H]1[C@@H]2C(=O)N(c3cccc4ccccc34)C(=O)[C@@H]2[C@H]2C=Cc3cc(Cl)ccc3N21. The summed E-state index contributed by atoms with van der Waals surface area (Å²) in [4.78, 5) is 45.8. The van der Waals surface area contributed by atoms with Crippen LogP contribution in [-0.4, -0.2) is 29.7 Å². The molecule has 0 radical (unpaired) electrons. The van der Waals surface area contributed by atoms with Crippen LogP contribution in [0.4, 0.5) is 11.4 Å². The maximum absolute atomic E-state index is 14.2. The van der Waals surface area contributed by atoms with Crippen molar-refractivity contribution in [2.75, 3.05) is 9.80 Å². The van der Waals surface area contributed by atoms with Crippen LogP contribution >= 0.6 is 27.5 Å². The van der Waals surface area contributed by atoms with E-state index in [4.69, 9.17) is 11.6 Å². The molecule has 4 atom stereocenters. The number of halogens is 2. The second-order valence-corrected chi connectivity index (χ2v) is 11.2. The fraction of sp³-hybridized carbons (Fsp3) is 0.129. The Morgan fingerprint density at radius 3 is 2.37 bits per heavy atom. The molecule has 4 aromatic carbocycles. The topological polar surface area (TPSA) is 57.7 Å². The fourth-order valence-corrected chi connectivity index (χ4v) is 6.71. The lowest BCUT2D eigenvalue weighted by molar-refractivity contribution is -0.122. The third-order valence-electron chi connectivity index (χ3n) is 7.87. The van der Waals surface area contributed by atoms with Gasteiger partial charge in [-0.25, -0.2) is 4.90 Å². The summed E-state index contributed by atoms with van der Waals surface area (Å²) in [6.07, 6.45) is 3.87. The lowest BCUT2D eigenvalue weighted by Gasteiger charge is -2.36. The molecular formula is C31H20BrClN2O3. The normalized spacial score (nSPS) is 23.5. The van der Waals surface area contributed by atoms with Crippen LogP contribution in [0.1, 0.15) is 15.9 Å². The number of hydrogen-bond acceptors (Lipinski definition) is 4. The highest BCUT2D eigenvalue weighted by molar-refractivity contribution is 9.10. The van der Waals surface area contributed by atoms with Crippen molar-refractivity contribution in [3.63, 3.8) is 0 Å². The number of nitrogens with zero attached hydrogens (tertiary/aromatic N) is 2. The molecule has 7 rings (SSSR count). The lowest BCUT2D eigenvalue weighted by atomic mass is 9.86. The molecule has 7 heteroatoms. The van der Waals surface area contributed by atoms with Crippen LogP contribution in [0.2, 0.25) is 5.02 Å². The van der Waals surface area contributed by atoms with Gasteiger partial charge in [-0.2, -0.15) is 0 Å². The molecule has 2 saturated heterocycles. The number of carbonyl (C=O) groups is 3. The van der Waals surface area contributed by atoms with Crippen LogP contribution < -0.4 is 9.80 Å². The van der Waals surface area contributed by atoms with Crippen LogP contribution in [0.15, 0.2) is 95.5 Å². The highest BCUT2D eigenvalue weighted by atomic mass is 79.9. The molecule has 0 aromatic heterocycles. The monoisotopic (exact) mass is 582 g/mol. The highest BCUT2D eigenvalue weighted by Crippen LogP contribution is 2.50. The number of hydrogen-bond donors (Lipinski definition) is 0. The number of Topliss-reactive ketones (excluding diaryl/α,β-unsaturated/α-hetero) is 1. The minimum Gasteiger partial charge on any atom is -0.352 e. The third-order valence-corrected chi connectivity index (χ3v) is 8.64. The number of imide groups is 1. The molecule has 3 heterocycles. The summed E-state index contributed by atoms with van der Waals surface area (Å²) in [5, 5.41) is 2.34. The zero-order chi connectivity index (χ0) is 26.1. The van der Waals surface area contributed by atoms with E-state index in [0.29, 0.717) is 16.3 Å². The quantitative estimate of drug-likeness (QED) is 0.203.